The Kier molecular flexibility index (Phi) is 7.81. The van der Waals surface area contributed by atoms with E-state index < -0.39 is 47.7 Å². The summed E-state index contributed by atoms with van der Waals surface area (Å²) in [7, 11) is 1.50. The fourth-order valence-electron chi connectivity index (χ4n) is 4.24. The Hall–Kier alpha value is -2.48. The van der Waals surface area contributed by atoms with Gasteiger partial charge in [0.25, 0.3) is 0 Å². The van der Waals surface area contributed by atoms with Gasteiger partial charge in [0.05, 0.1) is 12.0 Å². The summed E-state index contributed by atoms with van der Waals surface area (Å²) in [6.45, 7) is 11.8. The molecule has 1 aliphatic heterocycles. The van der Waals surface area contributed by atoms with Crippen molar-refractivity contribution >= 4 is 23.7 Å². The van der Waals surface area contributed by atoms with Gasteiger partial charge in [0.1, 0.15) is 12.2 Å². The van der Waals surface area contributed by atoms with Crippen molar-refractivity contribution in [2.45, 2.75) is 77.8 Å². The van der Waals surface area contributed by atoms with E-state index in [0.717, 1.165) is 0 Å². The van der Waals surface area contributed by atoms with Crippen LogP contribution in [0.25, 0.3) is 0 Å². The zero-order valence-corrected chi connectivity index (χ0v) is 19.1. The van der Waals surface area contributed by atoms with E-state index in [1.54, 1.807) is 19.9 Å². The monoisotopic (exact) mass is 436 g/mol. The average Bonchev–Trinajstić information content (AvgIpc) is 2.96. The highest BCUT2D eigenvalue weighted by Crippen LogP contribution is 2.41. The first-order valence-electron chi connectivity index (χ1n) is 10.4. The van der Waals surface area contributed by atoms with Crippen LogP contribution < -0.4 is 0 Å². The van der Waals surface area contributed by atoms with Crippen LogP contribution in [-0.2, 0) is 38.1 Å². The largest absolute Gasteiger partial charge is 0.458 e. The van der Waals surface area contributed by atoms with E-state index in [1.807, 2.05) is 6.92 Å². The number of carbonyl (C=O) groups excluding carboxylic acids is 4. The van der Waals surface area contributed by atoms with E-state index in [0.29, 0.717) is 12.0 Å². The summed E-state index contributed by atoms with van der Waals surface area (Å²) >= 11 is 0. The van der Waals surface area contributed by atoms with Gasteiger partial charge in [0.2, 0.25) is 0 Å². The summed E-state index contributed by atoms with van der Waals surface area (Å²) in [5.74, 6) is -2.98. The van der Waals surface area contributed by atoms with Gasteiger partial charge in [-0.15, -0.1) is 0 Å². The first kappa shape index (κ1) is 24.8. The van der Waals surface area contributed by atoms with E-state index in [2.05, 4.69) is 6.58 Å². The molecule has 8 nitrogen and oxygen atoms in total. The second-order valence-electron chi connectivity index (χ2n) is 8.55. The molecule has 172 valence electrons. The molecule has 0 radical (unpaired) electrons. The molecule has 1 heterocycles. The van der Waals surface area contributed by atoms with Crippen molar-refractivity contribution in [1.29, 1.82) is 0 Å². The fraction of sp³-hybridized carbons (Fsp3) is 0.652. The smallest absolute Gasteiger partial charge is 0.334 e. The first-order valence-corrected chi connectivity index (χ1v) is 10.4. The Bertz CT molecular complexity index is 797. The van der Waals surface area contributed by atoms with Gasteiger partial charge >= 0.3 is 17.9 Å². The Morgan fingerprint density at radius 2 is 1.87 bits per heavy atom. The molecule has 0 aromatic heterocycles. The molecule has 0 aromatic carbocycles. The third-order valence-electron chi connectivity index (χ3n) is 6.22. The SMILES string of the molecule is C=C1C(=O)O[C@@H]2C[C@@H](C)[C@H](OC)CC(=O)[C@](C)(OC(C)=O)C[C@H](OC(=O)/C(C)=C\C)[C@@H]12. The molecule has 1 aliphatic carbocycles. The van der Waals surface area contributed by atoms with Crippen molar-refractivity contribution in [1.82, 2.24) is 0 Å². The van der Waals surface area contributed by atoms with Gasteiger partial charge in [0.15, 0.2) is 11.4 Å². The second kappa shape index (κ2) is 9.77. The number of hydrogen-bond donors (Lipinski definition) is 0. The van der Waals surface area contributed by atoms with Gasteiger partial charge < -0.3 is 18.9 Å². The zero-order valence-electron chi connectivity index (χ0n) is 19.1. The number of esters is 3. The highest BCUT2D eigenvalue weighted by Gasteiger charge is 2.51. The predicted octanol–water partition coefficient (Wildman–Crippen LogP) is 2.69. The van der Waals surface area contributed by atoms with Crippen LogP contribution >= 0.6 is 0 Å². The first-order chi connectivity index (χ1) is 14.4. The van der Waals surface area contributed by atoms with Crippen LogP contribution in [-0.4, -0.2) is 54.7 Å². The van der Waals surface area contributed by atoms with E-state index in [-0.39, 0.29) is 30.1 Å². The fourth-order valence-corrected chi connectivity index (χ4v) is 4.24. The third kappa shape index (κ3) is 5.42. The molecule has 0 bridgehead atoms. The number of Topliss-reactive ketones (excluding diaryl/α,β-unsaturated/α-hetero) is 1. The molecule has 2 aliphatic rings. The lowest BCUT2D eigenvalue weighted by Crippen LogP contribution is -2.49. The standard InChI is InChI=1S/C23H32O8/c1-8-12(2)21(26)30-18-11-23(6,31-15(5)24)19(25)10-16(28-7)13(3)9-17-20(18)14(4)22(27)29-17/h8,13,16-18,20H,4,9-11H2,1-3,5-7H3/b12-8-/t13-,16-,17-,18+,20+,23-/m1/s1. The maximum atomic E-state index is 13.2. The van der Waals surface area contributed by atoms with Gasteiger partial charge in [-0.3, -0.25) is 9.59 Å². The van der Waals surface area contributed by atoms with Crippen molar-refractivity contribution in [3.05, 3.63) is 23.8 Å². The van der Waals surface area contributed by atoms with Crippen LogP contribution in [0.4, 0.5) is 0 Å². The summed E-state index contributed by atoms with van der Waals surface area (Å²) in [6.07, 6.45) is -0.135. The Morgan fingerprint density at radius 1 is 1.23 bits per heavy atom. The maximum Gasteiger partial charge on any atom is 0.334 e. The topological polar surface area (TPSA) is 105 Å². The van der Waals surface area contributed by atoms with Gasteiger partial charge in [-0.25, -0.2) is 9.59 Å². The van der Waals surface area contributed by atoms with E-state index >= 15 is 0 Å². The minimum absolute atomic E-state index is 0.00227. The lowest BCUT2D eigenvalue weighted by atomic mass is 9.76. The molecule has 2 rings (SSSR count). The molecule has 0 aromatic rings. The number of allylic oxidation sites excluding steroid dienone is 1. The number of ether oxygens (including phenoxy) is 4. The zero-order chi connectivity index (χ0) is 23.5. The van der Waals surface area contributed by atoms with Crippen LogP contribution in [0, 0.1) is 11.8 Å². The van der Waals surface area contributed by atoms with Gasteiger partial charge in [0, 0.05) is 38.0 Å². The second-order valence-corrected chi connectivity index (χ2v) is 8.55. The molecule has 6 atom stereocenters. The van der Waals surface area contributed by atoms with Crippen LogP contribution in [0.1, 0.15) is 53.9 Å². The normalized spacial score (nSPS) is 34.6. The Morgan fingerprint density at radius 3 is 2.42 bits per heavy atom. The lowest BCUT2D eigenvalue weighted by molar-refractivity contribution is -0.174. The van der Waals surface area contributed by atoms with Crippen molar-refractivity contribution in [2.75, 3.05) is 7.11 Å². The van der Waals surface area contributed by atoms with E-state index in [1.165, 1.54) is 21.0 Å². The number of methoxy groups -OCH3 is 1. The van der Waals surface area contributed by atoms with Gasteiger partial charge in [-0.1, -0.05) is 19.6 Å². The van der Waals surface area contributed by atoms with Crippen molar-refractivity contribution < 1.29 is 38.1 Å². The molecule has 0 N–H and O–H groups in total. The van der Waals surface area contributed by atoms with Crippen LogP contribution in [0.5, 0.6) is 0 Å². The van der Waals surface area contributed by atoms with Crippen molar-refractivity contribution in [3.63, 3.8) is 0 Å². The van der Waals surface area contributed by atoms with Gasteiger partial charge in [-0.2, -0.15) is 0 Å². The number of ketones is 1. The highest BCUT2D eigenvalue weighted by molar-refractivity contribution is 5.92. The minimum Gasteiger partial charge on any atom is -0.458 e. The van der Waals surface area contributed by atoms with Crippen molar-refractivity contribution in [2.24, 2.45) is 11.8 Å². The lowest BCUT2D eigenvalue weighted by Gasteiger charge is -2.38. The highest BCUT2D eigenvalue weighted by atomic mass is 16.6. The molecular weight excluding hydrogens is 404 g/mol. The Labute approximate surface area is 182 Å². The molecule has 0 spiro atoms. The molecular formula is C23H32O8. The van der Waals surface area contributed by atoms with Crippen LogP contribution in [0.2, 0.25) is 0 Å². The molecule has 1 saturated carbocycles. The quantitative estimate of drug-likeness (QED) is 0.376. The molecule has 1 saturated heterocycles. The number of carbonyl (C=O) groups is 4. The molecule has 31 heavy (non-hydrogen) atoms. The predicted molar refractivity (Wildman–Crippen MR) is 111 cm³/mol. The Balaban J connectivity index is 2.56. The van der Waals surface area contributed by atoms with Crippen LogP contribution in [0.15, 0.2) is 23.8 Å². The van der Waals surface area contributed by atoms with Crippen LogP contribution in [0.3, 0.4) is 0 Å². The molecule has 2 fully saturated rings. The number of rotatable bonds is 4. The molecule has 0 amide bonds. The third-order valence-corrected chi connectivity index (χ3v) is 6.22. The van der Waals surface area contributed by atoms with E-state index in [4.69, 9.17) is 18.9 Å². The average molecular weight is 437 g/mol. The summed E-state index contributed by atoms with van der Waals surface area (Å²) < 4.78 is 22.3. The summed E-state index contributed by atoms with van der Waals surface area (Å²) in [5, 5.41) is 0. The number of hydrogen-bond acceptors (Lipinski definition) is 8. The van der Waals surface area contributed by atoms with Crippen molar-refractivity contribution in [3.8, 4) is 0 Å². The molecule has 0 unspecified atom stereocenters. The minimum atomic E-state index is -1.58. The summed E-state index contributed by atoms with van der Waals surface area (Å²) in [4.78, 5) is 50.0. The maximum absolute atomic E-state index is 13.2. The molecule has 8 heteroatoms. The summed E-state index contributed by atoms with van der Waals surface area (Å²) in [6, 6.07) is 0. The van der Waals surface area contributed by atoms with Gasteiger partial charge in [-0.05, 0) is 33.1 Å². The summed E-state index contributed by atoms with van der Waals surface area (Å²) in [5.41, 5.74) is -1.04. The number of fused-ring (bicyclic) bond motifs is 1. The van der Waals surface area contributed by atoms with E-state index in [9.17, 15) is 19.2 Å².